The minimum absolute atomic E-state index is 0.424. The van der Waals surface area contributed by atoms with Gasteiger partial charge in [0.2, 0.25) is 10.0 Å². The summed E-state index contributed by atoms with van der Waals surface area (Å²) in [5.41, 5.74) is 0.652. The van der Waals surface area contributed by atoms with Crippen molar-refractivity contribution in [1.82, 2.24) is 0 Å². The summed E-state index contributed by atoms with van der Waals surface area (Å²) < 4.78 is 25.9. The normalized spacial score (nSPS) is 11.7. The van der Waals surface area contributed by atoms with E-state index in [9.17, 15) is 8.42 Å². The Morgan fingerprint density at radius 3 is 2.40 bits per heavy atom. The Labute approximate surface area is 95.3 Å². The van der Waals surface area contributed by atoms with Crippen molar-refractivity contribution in [2.75, 3.05) is 11.0 Å². The Morgan fingerprint density at radius 1 is 1.27 bits per heavy atom. The highest BCUT2D eigenvalue weighted by molar-refractivity contribution is 7.99. The van der Waals surface area contributed by atoms with Gasteiger partial charge in [0.15, 0.2) is 0 Å². The molecule has 0 aliphatic carbocycles. The maximum absolute atomic E-state index is 11.6. The van der Waals surface area contributed by atoms with E-state index in [0.29, 0.717) is 5.69 Å². The standard InChI is InChI=1S/C10H15NO2S2/c1-8(2)15(12,13)11-9-6-4-5-7-10(9)14-3/h4-8,11H,1-3H3. The number of anilines is 1. The first kappa shape index (κ1) is 12.4. The summed E-state index contributed by atoms with van der Waals surface area (Å²) in [6, 6.07) is 7.37. The average molecular weight is 245 g/mol. The molecular formula is C10H15NO2S2. The minimum Gasteiger partial charge on any atom is -0.282 e. The highest BCUT2D eigenvalue weighted by Gasteiger charge is 2.16. The smallest absolute Gasteiger partial charge is 0.235 e. The molecule has 84 valence electrons. The first-order valence-electron chi connectivity index (χ1n) is 4.62. The second-order valence-electron chi connectivity index (χ2n) is 3.40. The largest absolute Gasteiger partial charge is 0.282 e. The van der Waals surface area contributed by atoms with Crippen molar-refractivity contribution < 1.29 is 8.42 Å². The maximum Gasteiger partial charge on any atom is 0.235 e. The third-order valence-corrected chi connectivity index (χ3v) is 4.52. The van der Waals surface area contributed by atoms with Gasteiger partial charge >= 0.3 is 0 Å². The molecule has 0 amide bonds. The van der Waals surface area contributed by atoms with Crippen LogP contribution in [0.25, 0.3) is 0 Å². The molecule has 0 atom stereocenters. The molecule has 0 aromatic heterocycles. The summed E-state index contributed by atoms with van der Waals surface area (Å²) >= 11 is 1.52. The zero-order chi connectivity index (χ0) is 11.5. The maximum atomic E-state index is 11.6. The molecule has 0 fully saturated rings. The van der Waals surface area contributed by atoms with Crippen LogP contribution in [0.1, 0.15) is 13.8 Å². The molecule has 0 radical (unpaired) electrons. The van der Waals surface area contributed by atoms with E-state index in [1.807, 2.05) is 24.5 Å². The first-order chi connectivity index (χ1) is 6.97. The molecule has 1 rings (SSSR count). The summed E-state index contributed by atoms with van der Waals surface area (Å²) in [5.74, 6) is 0. The Kier molecular flexibility index (Phi) is 4.04. The van der Waals surface area contributed by atoms with Crippen molar-refractivity contribution >= 4 is 27.5 Å². The quantitative estimate of drug-likeness (QED) is 0.829. The van der Waals surface area contributed by atoms with Gasteiger partial charge in [-0.05, 0) is 32.2 Å². The van der Waals surface area contributed by atoms with Gasteiger partial charge in [-0.1, -0.05) is 12.1 Å². The van der Waals surface area contributed by atoms with Gasteiger partial charge in [-0.25, -0.2) is 8.42 Å². The number of hydrogen-bond acceptors (Lipinski definition) is 3. The number of hydrogen-bond donors (Lipinski definition) is 1. The summed E-state index contributed by atoms with van der Waals surface area (Å²) in [6.07, 6.45) is 1.92. The Morgan fingerprint density at radius 2 is 1.87 bits per heavy atom. The van der Waals surface area contributed by atoms with Crippen molar-refractivity contribution in [2.45, 2.75) is 24.0 Å². The lowest BCUT2D eigenvalue weighted by Crippen LogP contribution is -2.22. The Hall–Kier alpha value is -0.680. The molecule has 1 aromatic carbocycles. The predicted molar refractivity (Wildman–Crippen MR) is 65.9 cm³/mol. The van der Waals surface area contributed by atoms with Crippen LogP contribution in [0.3, 0.4) is 0 Å². The number of benzene rings is 1. The molecule has 15 heavy (non-hydrogen) atoms. The van der Waals surface area contributed by atoms with Crippen LogP contribution in [-0.4, -0.2) is 19.9 Å². The van der Waals surface area contributed by atoms with Crippen LogP contribution in [0.4, 0.5) is 5.69 Å². The summed E-state index contributed by atoms with van der Waals surface area (Å²) in [5, 5.41) is -0.424. The van der Waals surface area contributed by atoms with Gasteiger partial charge in [0.05, 0.1) is 10.9 Å². The molecule has 0 saturated heterocycles. The highest BCUT2D eigenvalue weighted by Crippen LogP contribution is 2.25. The summed E-state index contributed by atoms with van der Waals surface area (Å²) in [6.45, 7) is 3.31. The molecule has 1 N–H and O–H groups in total. The highest BCUT2D eigenvalue weighted by atomic mass is 32.2. The number of para-hydroxylation sites is 1. The molecule has 0 heterocycles. The van der Waals surface area contributed by atoms with Crippen LogP contribution in [0.2, 0.25) is 0 Å². The van der Waals surface area contributed by atoms with E-state index in [1.54, 1.807) is 19.9 Å². The van der Waals surface area contributed by atoms with Crippen molar-refractivity contribution in [3.05, 3.63) is 24.3 Å². The fraction of sp³-hybridized carbons (Fsp3) is 0.400. The predicted octanol–water partition coefficient (Wildman–Crippen LogP) is 2.56. The SMILES string of the molecule is CSc1ccccc1NS(=O)(=O)C(C)C. The second-order valence-corrected chi connectivity index (χ2v) is 6.48. The summed E-state index contributed by atoms with van der Waals surface area (Å²) in [7, 11) is -3.25. The zero-order valence-corrected chi connectivity index (χ0v) is 10.7. The van der Waals surface area contributed by atoms with Gasteiger partial charge in [-0.15, -0.1) is 11.8 Å². The fourth-order valence-corrected chi connectivity index (χ4v) is 2.34. The van der Waals surface area contributed by atoms with Gasteiger partial charge in [-0.2, -0.15) is 0 Å². The molecule has 0 bridgehead atoms. The number of sulfonamides is 1. The minimum atomic E-state index is -3.25. The van der Waals surface area contributed by atoms with E-state index in [-0.39, 0.29) is 0 Å². The molecule has 0 unspecified atom stereocenters. The van der Waals surface area contributed by atoms with E-state index in [0.717, 1.165) is 4.90 Å². The van der Waals surface area contributed by atoms with Gasteiger partial charge in [0.1, 0.15) is 0 Å². The molecule has 0 spiro atoms. The van der Waals surface area contributed by atoms with Crippen molar-refractivity contribution in [3.8, 4) is 0 Å². The molecule has 3 nitrogen and oxygen atoms in total. The van der Waals surface area contributed by atoms with Gasteiger partial charge < -0.3 is 0 Å². The third kappa shape index (κ3) is 3.14. The van der Waals surface area contributed by atoms with Crippen LogP contribution in [-0.2, 0) is 10.0 Å². The average Bonchev–Trinajstić information content (AvgIpc) is 2.18. The van der Waals surface area contributed by atoms with Gasteiger partial charge in [-0.3, -0.25) is 4.72 Å². The van der Waals surface area contributed by atoms with Crippen molar-refractivity contribution in [2.24, 2.45) is 0 Å². The van der Waals surface area contributed by atoms with E-state index in [4.69, 9.17) is 0 Å². The second kappa shape index (κ2) is 4.90. The van der Waals surface area contributed by atoms with Gasteiger partial charge in [0, 0.05) is 4.90 Å². The molecule has 0 saturated carbocycles. The monoisotopic (exact) mass is 245 g/mol. The number of nitrogens with one attached hydrogen (secondary N) is 1. The van der Waals surface area contributed by atoms with E-state index < -0.39 is 15.3 Å². The van der Waals surface area contributed by atoms with Crippen LogP contribution in [0, 0.1) is 0 Å². The molecular weight excluding hydrogens is 230 g/mol. The Balaban J connectivity index is 3.00. The lowest BCUT2D eigenvalue weighted by Gasteiger charge is -2.13. The number of rotatable bonds is 4. The molecule has 0 aliphatic heterocycles. The molecule has 1 aromatic rings. The van der Waals surface area contributed by atoms with Crippen molar-refractivity contribution in [1.29, 1.82) is 0 Å². The molecule has 0 aliphatic rings. The van der Waals surface area contributed by atoms with Crippen LogP contribution >= 0.6 is 11.8 Å². The number of thioether (sulfide) groups is 1. The van der Waals surface area contributed by atoms with Crippen LogP contribution in [0.5, 0.6) is 0 Å². The lowest BCUT2D eigenvalue weighted by atomic mass is 10.3. The van der Waals surface area contributed by atoms with Gasteiger partial charge in [0.25, 0.3) is 0 Å². The molecule has 5 heteroatoms. The van der Waals surface area contributed by atoms with E-state index >= 15 is 0 Å². The van der Waals surface area contributed by atoms with E-state index in [2.05, 4.69) is 4.72 Å². The van der Waals surface area contributed by atoms with E-state index in [1.165, 1.54) is 11.8 Å². The first-order valence-corrected chi connectivity index (χ1v) is 7.39. The lowest BCUT2D eigenvalue weighted by molar-refractivity contribution is 0.592. The van der Waals surface area contributed by atoms with Crippen molar-refractivity contribution in [3.63, 3.8) is 0 Å². The third-order valence-electron chi connectivity index (χ3n) is 1.98. The summed E-state index contributed by atoms with van der Waals surface area (Å²) in [4.78, 5) is 0.932. The zero-order valence-electron chi connectivity index (χ0n) is 9.02. The fourth-order valence-electron chi connectivity index (χ4n) is 1.00. The van der Waals surface area contributed by atoms with Crippen LogP contribution < -0.4 is 4.72 Å². The topological polar surface area (TPSA) is 46.2 Å². The Bertz CT molecular complexity index is 427. The van der Waals surface area contributed by atoms with Crippen LogP contribution in [0.15, 0.2) is 29.2 Å².